The summed E-state index contributed by atoms with van der Waals surface area (Å²) in [5.74, 6) is -2.08. The summed E-state index contributed by atoms with van der Waals surface area (Å²) in [6.45, 7) is 17.4. The van der Waals surface area contributed by atoms with E-state index in [2.05, 4.69) is 33.9 Å². The number of rotatable bonds is 14. The maximum atomic E-state index is 12.9. The Morgan fingerprint density at radius 1 is 0.963 bits per heavy atom. The average molecular weight is 427 g/mol. The van der Waals surface area contributed by atoms with E-state index in [0.29, 0.717) is 13.0 Å². The number of ether oxygens (including phenoxy) is 2. The lowest BCUT2D eigenvalue weighted by Gasteiger charge is -2.36. The highest BCUT2D eigenvalue weighted by molar-refractivity contribution is 7.55. The molecule has 0 amide bonds. The normalized spacial score (nSPS) is 14.2. The van der Waals surface area contributed by atoms with Crippen molar-refractivity contribution in [3.63, 3.8) is 0 Å². The van der Waals surface area contributed by atoms with Crippen LogP contribution in [0.2, 0.25) is 18.1 Å². The highest BCUT2D eigenvalue weighted by Crippen LogP contribution is 2.53. The molecule has 0 radical (unpaired) electrons. The number of esters is 1. The molecule has 0 saturated carbocycles. The molecule has 162 valence electrons. The molecule has 1 unspecified atom stereocenters. The zero-order valence-corrected chi connectivity index (χ0v) is 20.2. The topological polar surface area (TPSA) is 80.3 Å². The van der Waals surface area contributed by atoms with Crippen LogP contribution >= 0.6 is 7.60 Å². The first-order valence-electron chi connectivity index (χ1n) is 9.76. The standard InChI is InChI=1S/C18H39O7PSi/c1-9-21-16(19)17(26(20,23-10-2)24-11-3)22-14-12-13-15-25-27(7,8)18(4,5)6/h17H,9-15H2,1-8H3. The molecule has 0 aliphatic heterocycles. The number of carbonyl (C=O) groups excluding carboxylic acids is 1. The fourth-order valence-corrected chi connectivity index (χ4v) is 4.75. The van der Waals surface area contributed by atoms with Crippen molar-refractivity contribution in [3.8, 4) is 0 Å². The van der Waals surface area contributed by atoms with Crippen molar-refractivity contribution in [1.82, 2.24) is 0 Å². The van der Waals surface area contributed by atoms with Crippen LogP contribution in [0.4, 0.5) is 0 Å². The molecule has 27 heavy (non-hydrogen) atoms. The number of hydrogen-bond acceptors (Lipinski definition) is 7. The number of carbonyl (C=O) groups is 1. The predicted molar refractivity (Wildman–Crippen MR) is 110 cm³/mol. The van der Waals surface area contributed by atoms with Gasteiger partial charge in [0, 0.05) is 13.2 Å². The second-order valence-electron chi connectivity index (χ2n) is 7.67. The Labute approximate surface area is 166 Å². The molecule has 0 heterocycles. The maximum absolute atomic E-state index is 12.9. The van der Waals surface area contributed by atoms with Crippen LogP contribution in [-0.4, -0.2) is 53.2 Å². The van der Waals surface area contributed by atoms with Crippen molar-refractivity contribution in [3.05, 3.63) is 0 Å². The van der Waals surface area contributed by atoms with Crippen LogP contribution in [0.5, 0.6) is 0 Å². The fraction of sp³-hybridized carbons (Fsp3) is 0.944. The molecule has 0 aromatic carbocycles. The molecule has 0 N–H and O–H groups in total. The van der Waals surface area contributed by atoms with Crippen molar-refractivity contribution in [1.29, 1.82) is 0 Å². The molecule has 1 atom stereocenters. The van der Waals surface area contributed by atoms with Gasteiger partial charge >= 0.3 is 13.6 Å². The van der Waals surface area contributed by atoms with E-state index in [1.165, 1.54) is 0 Å². The fourth-order valence-electron chi connectivity index (χ4n) is 1.98. The van der Waals surface area contributed by atoms with E-state index in [0.717, 1.165) is 6.42 Å². The SMILES string of the molecule is CCOC(=O)C(OCCCCO[Si](C)(C)C(C)(C)C)P(=O)(OCC)OCC. The van der Waals surface area contributed by atoms with Crippen molar-refractivity contribution in [2.75, 3.05) is 33.0 Å². The molecule has 0 aromatic rings. The monoisotopic (exact) mass is 426 g/mol. The Morgan fingerprint density at radius 2 is 1.48 bits per heavy atom. The second kappa shape index (κ2) is 12.3. The van der Waals surface area contributed by atoms with Gasteiger partial charge in [-0.1, -0.05) is 20.8 Å². The summed E-state index contributed by atoms with van der Waals surface area (Å²) in [4.78, 5) is 12.2. The molecular weight excluding hydrogens is 387 g/mol. The third-order valence-corrected chi connectivity index (χ3v) is 11.2. The Morgan fingerprint density at radius 3 is 1.93 bits per heavy atom. The zero-order valence-electron chi connectivity index (χ0n) is 18.3. The van der Waals surface area contributed by atoms with Crippen molar-refractivity contribution in [2.24, 2.45) is 0 Å². The molecule has 0 saturated heterocycles. The van der Waals surface area contributed by atoms with Gasteiger partial charge in [0.1, 0.15) is 0 Å². The van der Waals surface area contributed by atoms with Crippen LogP contribution in [0.3, 0.4) is 0 Å². The van der Waals surface area contributed by atoms with E-state index in [4.69, 9.17) is 22.9 Å². The van der Waals surface area contributed by atoms with Gasteiger partial charge in [0.15, 0.2) is 8.32 Å². The predicted octanol–water partition coefficient (Wildman–Crippen LogP) is 4.96. The number of unbranched alkanes of at least 4 members (excludes halogenated alkanes) is 1. The highest BCUT2D eigenvalue weighted by Gasteiger charge is 2.43. The zero-order chi connectivity index (χ0) is 21.1. The van der Waals surface area contributed by atoms with Crippen molar-refractivity contribution < 1.29 is 32.3 Å². The Hall–Kier alpha value is -0.243. The molecule has 0 aromatic heterocycles. The summed E-state index contributed by atoms with van der Waals surface area (Å²) >= 11 is 0. The smallest absolute Gasteiger partial charge is 0.370 e. The van der Waals surface area contributed by atoms with Crippen molar-refractivity contribution >= 4 is 21.9 Å². The van der Waals surface area contributed by atoms with Gasteiger partial charge in [0.25, 0.3) is 5.85 Å². The summed E-state index contributed by atoms with van der Waals surface area (Å²) in [5, 5.41) is 0.167. The lowest BCUT2D eigenvalue weighted by atomic mass is 10.2. The van der Waals surface area contributed by atoms with E-state index in [1.807, 2.05) is 0 Å². The molecule has 0 rings (SSSR count). The highest BCUT2D eigenvalue weighted by atomic mass is 31.2. The van der Waals surface area contributed by atoms with E-state index < -0.39 is 27.7 Å². The quantitative estimate of drug-likeness (QED) is 0.168. The van der Waals surface area contributed by atoms with Gasteiger partial charge in [-0.2, -0.15) is 0 Å². The molecule has 0 aliphatic carbocycles. The van der Waals surface area contributed by atoms with Gasteiger partial charge in [-0.25, -0.2) is 4.79 Å². The van der Waals surface area contributed by atoms with Gasteiger partial charge in [-0.3, -0.25) is 4.57 Å². The second-order valence-corrected chi connectivity index (χ2v) is 14.5. The van der Waals surface area contributed by atoms with Crippen LogP contribution in [0, 0.1) is 0 Å². The minimum absolute atomic E-state index is 0.150. The summed E-state index contributed by atoms with van der Waals surface area (Å²) < 4.78 is 40.1. The van der Waals surface area contributed by atoms with Gasteiger partial charge in [-0.15, -0.1) is 0 Å². The van der Waals surface area contributed by atoms with Gasteiger partial charge in [-0.05, 0) is 51.7 Å². The minimum Gasteiger partial charge on any atom is -0.464 e. The van der Waals surface area contributed by atoms with E-state index in [-0.39, 0.29) is 31.5 Å². The molecular formula is C18H39O7PSi. The lowest BCUT2D eigenvalue weighted by molar-refractivity contribution is -0.152. The van der Waals surface area contributed by atoms with E-state index >= 15 is 0 Å². The first-order chi connectivity index (χ1) is 12.4. The van der Waals surface area contributed by atoms with Crippen LogP contribution < -0.4 is 0 Å². The van der Waals surface area contributed by atoms with Gasteiger partial charge < -0.3 is 22.9 Å². The van der Waals surface area contributed by atoms with Gasteiger partial charge in [0.2, 0.25) is 0 Å². The molecule has 0 spiro atoms. The lowest BCUT2D eigenvalue weighted by Crippen LogP contribution is -2.41. The van der Waals surface area contributed by atoms with E-state index in [9.17, 15) is 9.36 Å². The summed E-state index contributed by atoms with van der Waals surface area (Å²) in [7, 11) is -5.51. The van der Waals surface area contributed by atoms with E-state index in [1.54, 1.807) is 20.8 Å². The minimum atomic E-state index is -3.74. The first-order valence-corrected chi connectivity index (χ1v) is 14.3. The summed E-state index contributed by atoms with van der Waals surface area (Å²) in [6, 6.07) is 0. The Bertz CT molecular complexity index is 467. The van der Waals surface area contributed by atoms with Crippen LogP contribution in [0.25, 0.3) is 0 Å². The molecule has 9 heteroatoms. The van der Waals surface area contributed by atoms with Crippen LogP contribution in [0.15, 0.2) is 0 Å². The maximum Gasteiger partial charge on any atom is 0.370 e. The third kappa shape index (κ3) is 9.20. The van der Waals surface area contributed by atoms with Crippen LogP contribution in [-0.2, 0) is 32.3 Å². The molecule has 7 nitrogen and oxygen atoms in total. The van der Waals surface area contributed by atoms with Gasteiger partial charge in [0.05, 0.1) is 19.8 Å². The summed E-state index contributed by atoms with van der Waals surface area (Å²) in [5.41, 5.74) is 0. The summed E-state index contributed by atoms with van der Waals surface area (Å²) in [6.07, 6.45) is 1.46. The molecule has 0 bridgehead atoms. The van der Waals surface area contributed by atoms with Crippen LogP contribution in [0.1, 0.15) is 54.4 Å². The largest absolute Gasteiger partial charge is 0.464 e. The first kappa shape index (κ1) is 26.8. The number of hydrogen-bond donors (Lipinski definition) is 0. The average Bonchev–Trinajstić information content (AvgIpc) is 2.53. The Kier molecular flexibility index (Phi) is 12.2. The molecule has 0 aliphatic rings. The Balaban J connectivity index is 4.66. The van der Waals surface area contributed by atoms with Crippen molar-refractivity contribution in [2.45, 2.75) is 78.4 Å². The third-order valence-electron chi connectivity index (χ3n) is 4.48. The molecule has 0 fully saturated rings.